The Morgan fingerprint density at radius 3 is 2.43 bits per heavy atom. The quantitative estimate of drug-likeness (QED) is 0.794. The summed E-state index contributed by atoms with van der Waals surface area (Å²) < 4.78 is 39.7. The second kappa shape index (κ2) is 8.59. The first kappa shape index (κ1) is 20.8. The molecule has 1 heterocycles. The molecule has 0 aliphatic carbocycles. The standard InChI is InChI=1S/C20H22ClFN2O3S/c1-14(16-3-2-4-17(21)13-16)23-20(25)15-9-11-24(12-10-15)28(26,27)19-7-5-18(22)6-8-19/h2-8,13-15H,9-12H2,1H3,(H,23,25). The summed E-state index contributed by atoms with van der Waals surface area (Å²) in [6.07, 6.45) is 0.878. The Morgan fingerprint density at radius 2 is 1.82 bits per heavy atom. The van der Waals surface area contributed by atoms with Gasteiger partial charge >= 0.3 is 0 Å². The molecule has 1 aliphatic heterocycles. The number of amides is 1. The van der Waals surface area contributed by atoms with Crippen molar-refractivity contribution in [2.24, 2.45) is 5.92 Å². The van der Waals surface area contributed by atoms with Gasteiger partial charge in [0.2, 0.25) is 15.9 Å². The molecule has 1 unspecified atom stereocenters. The van der Waals surface area contributed by atoms with Crippen molar-refractivity contribution in [2.45, 2.75) is 30.7 Å². The van der Waals surface area contributed by atoms with Gasteiger partial charge in [0.25, 0.3) is 0 Å². The third kappa shape index (κ3) is 4.71. The van der Waals surface area contributed by atoms with E-state index in [4.69, 9.17) is 11.6 Å². The monoisotopic (exact) mass is 424 g/mol. The van der Waals surface area contributed by atoms with Gasteiger partial charge in [-0.25, -0.2) is 12.8 Å². The molecule has 0 spiro atoms. The average molecular weight is 425 g/mol. The molecule has 1 atom stereocenters. The van der Waals surface area contributed by atoms with Crippen molar-refractivity contribution in [3.05, 3.63) is 64.9 Å². The third-order valence-electron chi connectivity index (χ3n) is 4.98. The lowest BCUT2D eigenvalue weighted by Gasteiger charge is -2.31. The van der Waals surface area contributed by atoms with Crippen LogP contribution in [0.4, 0.5) is 4.39 Å². The number of nitrogens with one attached hydrogen (secondary N) is 1. The Kier molecular flexibility index (Phi) is 6.37. The highest BCUT2D eigenvalue weighted by atomic mass is 35.5. The molecule has 1 fully saturated rings. The van der Waals surface area contributed by atoms with Crippen LogP contribution >= 0.6 is 11.6 Å². The normalized spacial score (nSPS) is 17.2. The zero-order valence-corrected chi connectivity index (χ0v) is 17.0. The molecule has 28 heavy (non-hydrogen) atoms. The summed E-state index contributed by atoms with van der Waals surface area (Å²) in [4.78, 5) is 12.6. The van der Waals surface area contributed by atoms with E-state index in [9.17, 15) is 17.6 Å². The smallest absolute Gasteiger partial charge is 0.243 e. The van der Waals surface area contributed by atoms with Crippen LogP contribution in [-0.4, -0.2) is 31.7 Å². The van der Waals surface area contributed by atoms with Crippen LogP contribution in [0.2, 0.25) is 5.02 Å². The lowest BCUT2D eigenvalue weighted by atomic mass is 9.96. The third-order valence-corrected chi connectivity index (χ3v) is 7.13. The minimum absolute atomic E-state index is 0.0615. The van der Waals surface area contributed by atoms with Gasteiger partial charge in [0, 0.05) is 24.0 Å². The molecule has 1 saturated heterocycles. The molecule has 3 rings (SSSR count). The number of carbonyl (C=O) groups is 1. The van der Waals surface area contributed by atoms with E-state index in [-0.39, 0.29) is 35.9 Å². The van der Waals surface area contributed by atoms with Crippen LogP contribution < -0.4 is 5.32 Å². The van der Waals surface area contributed by atoms with Gasteiger partial charge in [-0.15, -0.1) is 0 Å². The maximum Gasteiger partial charge on any atom is 0.243 e. The van der Waals surface area contributed by atoms with Crippen LogP contribution in [0.25, 0.3) is 0 Å². The van der Waals surface area contributed by atoms with Crippen molar-refractivity contribution in [1.29, 1.82) is 0 Å². The maximum absolute atomic E-state index is 13.0. The van der Waals surface area contributed by atoms with E-state index >= 15 is 0 Å². The lowest BCUT2D eigenvalue weighted by molar-refractivity contribution is -0.126. The van der Waals surface area contributed by atoms with Crippen molar-refractivity contribution >= 4 is 27.5 Å². The number of rotatable bonds is 5. The van der Waals surface area contributed by atoms with Crippen molar-refractivity contribution in [3.8, 4) is 0 Å². The predicted octanol–water partition coefficient (Wildman–Crippen LogP) is 3.76. The molecule has 0 aromatic heterocycles. The summed E-state index contributed by atoms with van der Waals surface area (Å²) in [5, 5.41) is 3.59. The molecule has 2 aromatic carbocycles. The fraction of sp³-hybridized carbons (Fsp3) is 0.350. The SMILES string of the molecule is CC(NC(=O)C1CCN(S(=O)(=O)c2ccc(F)cc2)CC1)c1cccc(Cl)c1. The van der Waals surface area contributed by atoms with Crippen LogP contribution in [0.15, 0.2) is 53.4 Å². The number of carbonyl (C=O) groups excluding carboxylic acids is 1. The Bertz CT molecular complexity index is 942. The highest BCUT2D eigenvalue weighted by molar-refractivity contribution is 7.89. The molecule has 2 aromatic rings. The minimum atomic E-state index is -3.68. The number of sulfonamides is 1. The van der Waals surface area contributed by atoms with E-state index in [0.29, 0.717) is 17.9 Å². The van der Waals surface area contributed by atoms with Crippen molar-refractivity contribution in [3.63, 3.8) is 0 Å². The second-order valence-electron chi connectivity index (χ2n) is 6.92. The first-order valence-electron chi connectivity index (χ1n) is 9.09. The van der Waals surface area contributed by atoms with Gasteiger partial charge in [-0.1, -0.05) is 23.7 Å². The van der Waals surface area contributed by atoms with E-state index in [0.717, 1.165) is 17.7 Å². The number of piperidine rings is 1. The van der Waals surface area contributed by atoms with Crippen molar-refractivity contribution in [2.75, 3.05) is 13.1 Å². The summed E-state index contributed by atoms with van der Waals surface area (Å²) in [5.41, 5.74) is 0.914. The van der Waals surface area contributed by atoms with Crippen LogP contribution in [0, 0.1) is 11.7 Å². The van der Waals surface area contributed by atoms with Gasteiger partial charge in [0.05, 0.1) is 10.9 Å². The predicted molar refractivity (Wildman–Crippen MR) is 106 cm³/mol. The maximum atomic E-state index is 13.0. The summed E-state index contributed by atoms with van der Waals surface area (Å²) in [6, 6.07) is 11.9. The zero-order valence-electron chi connectivity index (χ0n) is 15.4. The zero-order chi connectivity index (χ0) is 20.3. The largest absolute Gasteiger partial charge is 0.349 e. The lowest BCUT2D eigenvalue weighted by Crippen LogP contribution is -2.43. The fourth-order valence-electron chi connectivity index (χ4n) is 3.30. The summed E-state index contributed by atoms with van der Waals surface area (Å²) in [6.45, 7) is 2.39. The summed E-state index contributed by atoms with van der Waals surface area (Å²) >= 11 is 6.00. The molecule has 0 radical (unpaired) electrons. The van der Waals surface area contributed by atoms with Gasteiger partial charge in [0.15, 0.2) is 0 Å². The molecule has 1 N–H and O–H groups in total. The summed E-state index contributed by atoms with van der Waals surface area (Å²) in [7, 11) is -3.68. The van der Waals surface area contributed by atoms with Crippen LogP contribution in [0.3, 0.4) is 0 Å². The Hall–Kier alpha value is -1.96. The first-order chi connectivity index (χ1) is 13.3. The molecule has 0 saturated carbocycles. The Morgan fingerprint density at radius 1 is 1.18 bits per heavy atom. The Labute approximate surface area is 169 Å². The molecular formula is C20H22ClFN2O3S. The average Bonchev–Trinajstić information content (AvgIpc) is 2.68. The van der Waals surface area contributed by atoms with Crippen LogP contribution in [-0.2, 0) is 14.8 Å². The van der Waals surface area contributed by atoms with E-state index < -0.39 is 15.8 Å². The highest BCUT2D eigenvalue weighted by Gasteiger charge is 2.32. The van der Waals surface area contributed by atoms with E-state index in [1.807, 2.05) is 25.1 Å². The van der Waals surface area contributed by atoms with Gasteiger partial charge in [-0.2, -0.15) is 4.31 Å². The van der Waals surface area contributed by atoms with Crippen LogP contribution in [0.5, 0.6) is 0 Å². The highest BCUT2D eigenvalue weighted by Crippen LogP contribution is 2.25. The second-order valence-corrected chi connectivity index (χ2v) is 9.29. The number of hydrogen-bond acceptors (Lipinski definition) is 3. The molecule has 5 nitrogen and oxygen atoms in total. The van der Waals surface area contributed by atoms with Gasteiger partial charge in [-0.3, -0.25) is 4.79 Å². The first-order valence-corrected chi connectivity index (χ1v) is 10.9. The van der Waals surface area contributed by atoms with E-state index in [1.54, 1.807) is 6.07 Å². The summed E-state index contributed by atoms with van der Waals surface area (Å²) in [5.74, 6) is -0.823. The van der Waals surface area contributed by atoms with Gasteiger partial charge < -0.3 is 5.32 Å². The van der Waals surface area contributed by atoms with E-state index in [2.05, 4.69) is 5.32 Å². The van der Waals surface area contributed by atoms with Crippen molar-refractivity contribution in [1.82, 2.24) is 9.62 Å². The molecule has 150 valence electrons. The van der Waals surface area contributed by atoms with Crippen molar-refractivity contribution < 1.29 is 17.6 Å². The van der Waals surface area contributed by atoms with E-state index in [1.165, 1.54) is 16.4 Å². The van der Waals surface area contributed by atoms with Crippen LogP contribution in [0.1, 0.15) is 31.4 Å². The van der Waals surface area contributed by atoms with Gasteiger partial charge in [0.1, 0.15) is 5.82 Å². The Balaban J connectivity index is 1.58. The fourth-order valence-corrected chi connectivity index (χ4v) is 4.97. The number of nitrogens with zero attached hydrogens (tertiary/aromatic N) is 1. The molecule has 1 amide bonds. The molecule has 0 bridgehead atoms. The number of halogens is 2. The number of hydrogen-bond donors (Lipinski definition) is 1. The molecule has 1 aliphatic rings. The number of benzene rings is 2. The molecular weight excluding hydrogens is 403 g/mol. The topological polar surface area (TPSA) is 66.5 Å². The van der Waals surface area contributed by atoms with Gasteiger partial charge in [-0.05, 0) is 61.7 Å². The minimum Gasteiger partial charge on any atom is -0.349 e. The molecule has 8 heteroatoms.